The number of primary amides is 1. The van der Waals surface area contributed by atoms with Gasteiger partial charge in [0.15, 0.2) is 0 Å². The van der Waals surface area contributed by atoms with E-state index in [4.69, 9.17) is 15.8 Å². The summed E-state index contributed by atoms with van der Waals surface area (Å²) in [6, 6.07) is 10.9. The van der Waals surface area contributed by atoms with Crippen LogP contribution in [-0.2, 0) is 16.2 Å². The van der Waals surface area contributed by atoms with Gasteiger partial charge in [0.1, 0.15) is 12.7 Å². The Kier molecular flexibility index (Phi) is 3.69. The number of benzene rings is 1. The van der Waals surface area contributed by atoms with Gasteiger partial charge in [0.2, 0.25) is 5.71 Å². The number of amides is 1. The van der Waals surface area contributed by atoms with Gasteiger partial charge in [-0.05, 0) is 23.8 Å². The molecule has 0 aliphatic carbocycles. The molecule has 0 radical (unpaired) electrons. The highest BCUT2D eigenvalue weighted by Crippen LogP contribution is 2.13. The number of nitrogens with zero attached hydrogens (tertiary/aromatic N) is 3. The number of fused-ring (bicyclic) bond motifs is 1. The Bertz CT molecular complexity index is 688. The van der Waals surface area contributed by atoms with Gasteiger partial charge in [-0.3, -0.25) is 9.78 Å². The maximum atomic E-state index is 10.7. The summed E-state index contributed by atoms with van der Waals surface area (Å²) < 4.78 is 0. The van der Waals surface area contributed by atoms with Gasteiger partial charge in [-0.25, -0.2) is 0 Å². The number of carbonyl (C=O) groups is 1. The highest BCUT2D eigenvalue weighted by Gasteiger charge is 2.05. The minimum atomic E-state index is -0.912. The van der Waals surface area contributed by atoms with E-state index in [9.17, 15) is 4.79 Å². The first-order valence-electron chi connectivity index (χ1n) is 5.44. The lowest BCUT2D eigenvalue weighted by Gasteiger charge is -2.02. The van der Waals surface area contributed by atoms with Gasteiger partial charge in [-0.1, -0.05) is 17.3 Å². The summed E-state index contributed by atoms with van der Waals surface area (Å²) in [6.45, 7) is 0.142. The zero-order chi connectivity index (χ0) is 13.7. The van der Waals surface area contributed by atoms with Crippen molar-refractivity contribution in [1.29, 1.82) is 5.26 Å². The molecule has 1 heterocycles. The molecule has 6 nitrogen and oxygen atoms in total. The van der Waals surface area contributed by atoms with E-state index in [0.29, 0.717) is 0 Å². The zero-order valence-electron chi connectivity index (χ0n) is 9.91. The third kappa shape index (κ3) is 3.04. The number of oxime groups is 1. The molecule has 2 N–H and O–H groups in total. The van der Waals surface area contributed by atoms with Gasteiger partial charge in [0.25, 0.3) is 5.91 Å². The molecule has 1 amide bonds. The maximum Gasteiger partial charge on any atom is 0.281 e. The van der Waals surface area contributed by atoms with Gasteiger partial charge in [0.05, 0.1) is 5.52 Å². The van der Waals surface area contributed by atoms with E-state index < -0.39 is 11.6 Å². The fraction of sp³-hybridized carbons (Fsp3) is 0.0769. The molecular formula is C13H10N4O2. The Morgan fingerprint density at radius 1 is 1.47 bits per heavy atom. The van der Waals surface area contributed by atoms with E-state index in [-0.39, 0.29) is 6.61 Å². The first-order valence-corrected chi connectivity index (χ1v) is 5.44. The molecule has 0 aliphatic heterocycles. The molecule has 2 aromatic rings. The number of rotatable bonds is 4. The zero-order valence-corrected chi connectivity index (χ0v) is 9.91. The third-order valence-electron chi connectivity index (χ3n) is 2.39. The van der Waals surface area contributed by atoms with Crippen LogP contribution >= 0.6 is 0 Å². The van der Waals surface area contributed by atoms with E-state index >= 15 is 0 Å². The number of pyridine rings is 1. The van der Waals surface area contributed by atoms with E-state index in [1.807, 2.05) is 30.3 Å². The molecule has 0 saturated carbocycles. The lowest BCUT2D eigenvalue weighted by Crippen LogP contribution is -2.21. The van der Waals surface area contributed by atoms with Crippen molar-refractivity contribution in [2.75, 3.05) is 0 Å². The molecule has 1 aromatic heterocycles. The van der Waals surface area contributed by atoms with E-state index in [1.165, 1.54) is 0 Å². The smallest absolute Gasteiger partial charge is 0.281 e. The van der Waals surface area contributed by atoms with Crippen LogP contribution in [-0.4, -0.2) is 16.6 Å². The maximum absolute atomic E-state index is 10.7. The summed E-state index contributed by atoms with van der Waals surface area (Å²) in [5.74, 6) is -0.912. The molecule has 0 spiro atoms. The van der Waals surface area contributed by atoms with Crippen molar-refractivity contribution in [3.63, 3.8) is 0 Å². The topological polar surface area (TPSA) is 101 Å². The average molecular weight is 254 g/mol. The molecule has 0 aliphatic rings. The number of hydrogen-bond donors (Lipinski definition) is 1. The Balaban J connectivity index is 2.10. The summed E-state index contributed by atoms with van der Waals surface area (Å²) in [6.07, 6.45) is 1.72. The SMILES string of the molecule is N#CC(=NOCc1ccc2ncccc2c1)C(N)=O. The molecule has 0 fully saturated rings. The van der Waals surface area contributed by atoms with Crippen molar-refractivity contribution < 1.29 is 9.63 Å². The Hall–Kier alpha value is -2.94. The number of aromatic nitrogens is 1. The summed E-state index contributed by atoms with van der Waals surface area (Å²) in [5.41, 5.74) is 6.20. The normalized spacial score (nSPS) is 11.0. The Labute approximate surface area is 109 Å². The molecule has 6 heteroatoms. The highest BCUT2D eigenvalue weighted by atomic mass is 16.6. The molecule has 1 aromatic carbocycles. The molecule has 94 valence electrons. The summed E-state index contributed by atoms with van der Waals surface area (Å²) in [4.78, 5) is 19.9. The largest absolute Gasteiger partial charge is 0.390 e. The van der Waals surface area contributed by atoms with E-state index in [1.54, 1.807) is 12.3 Å². The second kappa shape index (κ2) is 5.60. The summed E-state index contributed by atoms with van der Waals surface area (Å²) >= 11 is 0. The number of nitrogens with two attached hydrogens (primary N) is 1. The lowest BCUT2D eigenvalue weighted by atomic mass is 10.1. The van der Waals surface area contributed by atoms with Crippen molar-refractivity contribution >= 4 is 22.5 Å². The number of hydrogen-bond acceptors (Lipinski definition) is 5. The standard InChI is InChI=1S/C13H10N4O2/c14-7-12(13(15)18)17-19-8-9-3-4-11-10(6-9)2-1-5-16-11/h1-6H,8H2,(H2,15,18). The van der Waals surface area contributed by atoms with Crippen molar-refractivity contribution in [3.8, 4) is 6.07 Å². The van der Waals surface area contributed by atoms with Crippen LogP contribution in [0.4, 0.5) is 0 Å². The number of carbonyl (C=O) groups excluding carboxylic acids is 1. The second-order valence-electron chi connectivity index (χ2n) is 3.72. The molecular weight excluding hydrogens is 244 g/mol. The molecule has 0 saturated heterocycles. The predicted octanol–water partition coefficient (Wildman–Crippen LogP) is 1.12. The Morgan fingerprint density at radius 2 is 2.32 bits per heavy atom. The van der Waals surface area contributed by atoms with E-state index in [0.717, 1.165) is 16.5 Å². The van der Waals surface area contributed by atoms with E-state index in [2.05, 4.69) is 10.1 Å². The average Bonchev–Trinajstić information content (AvgIpc) is 2.43. The minimum absolute atomic E-state index is 0.142. The Morgan fingerprint density at radius 3 is 3.05 bits per heavy atom. The van der Waals surface area contributed by atoms with Crippen LogP contribution in [0.5, 0.6) is 0 Å². The van der Waals surface area contributed by atoms with Gasteiger partial charge < -0.3 is 10.6 Å². The molecule has 0 bridgehead atoms. The van der Waals surface area contributed by atoms with Crippen LogP contribution in [0, 0.1) is 11.3 Å². The third-order valence-corrected chi connectivity index (χ3v) is 2.39. The van der Waals surface area contributed by atoms with Crippen molar-refractivity contribution in [1.82, 2.24) is 4.98 Å². The quantitative estimate of drug-likeness (QED) is 0.652. The molecule has 2 rings (SSSR count). The molecule has 19 heavy (non-hydrogen) atoms. The highest BCUT2D eigenvalue weighted by molar-refractivity contribution is 6.44. The van der Waals surface area contributed by atoms with Gasteiger partial charge in [0, 0.05) is 11.6 Å². The predicted molar refractivity (Wildman–Crippen MR) is 68.8 cm³/mol. The minimum Gasteiger partial charge on any atom is -0.390 e. The molecule has 0 unspecified atom stereocenters. The first-order chi connectivity index (χ1) is 9.20. The number of nitriles is 1. The fourth-order valence-electron chi connectivity index (χ4n) is 1.51. The van der Waals surface area contributed by atoms with Crippen LogP contribution in [0.3, 0.4) is 0 Å². The van der Waals surface area contributed by atoms with Crippen LogP contribution in [0.2, 0.25) is 0 Å². The summed E-state index contributed by atoms with van der Waals surface area (Å²) in [7, 11) is 0. The monoisotopic (exact) mass is 254 g/mol. The van der Waals surface area contributed by atoms with Gasteiger partial charge in [-0.2, -0.15) is 5.26 Å². The van der Waals surface area contributed by atoms with Crippen LogP contribution in [0.15, 0.2) is 41.7 Å². The van der Waals surface area contributed by atoms with Crippen molar-refractivity contribution in [3.05, 3.63) is 42.1 Å². The second-order valence-corrected chi connectivity index (χ2v) is 3.72. The lowest BCUT2D eigenvalue weighted by molar-refractivity contribution is -0.112. The fourth-order valence-corrected chi connectivity index (χ4v) is 1.51. The van der Waals surface area contributed by atoms with Crippen molar-refractivity contribution in [2.45, 2.75) is 6.61 Å². The van der Waals surface area contributed by atoms with Gasteiger partial charge in [-0.15, -0.1) is 0 Å². The first kappa shape index (κ1) is 12.5. The van der Waals surface area contributed by atoms with Crippen LogP contribution < -0.4 is 5.73 Å². The van der Waals surface area contributed by atoms with Crippen LogP contribution in [0.1, 0.15) is 5.56 Å². The molecule has 0 atom stereocenters. The van der Waals surface area contributed by atoms with Crippen molar-refractivity contribution in [2.24, 2.45) is 10.9 Å². The van der Waals surface area contributed by atoms with Gasteiger partial charge >= 0.3 is 0 Å². The summed E-state index contributed by atoms with van der Waals surface area (Å²) in [5, 5.41) is 12.9. The van der Waals surface area contributed by atoms with Crippen LogP contribution in [0.25, 0.3) is 10.9 Å².